The summed E-state index contributed by atoms with van der Waals surface area (Å²) in [6, 6.07) is 15.3. The van der Waals surface area contributed by atoms with E-state index in [0.29, 0.717) is 31.3 Å². The molecule has 8 nitrogen and oxygen atoms in total. The lowest BCUT2D eigenvalue weighted by Crippen LogP contribution is -2.38. The fraction of sp³-hybridized carbons (Fsp3) is 0.348. The third kappa shape index (κ3) is 5.33. The van der Waals surface area contributed by atoms with Crippen molar-refractivity contribution in [2.45, 2.75) is 32.4 Å². The summed E-state index contributed by atoms with van der Waals surface area (Å²) >= 11 is 0. The van der Waals surface area contributed by atoms with Crippen LogP contribution >= 0.6 is 0 Å². The van der Waals surface area contributed by atoms with Crippen molar-refractivity contribution in [3.63, 3.8) is 0 Å². The first-order chi connectivity index (χ1) is 15.1. The topological polar surface area (TPSA) is 89.7 Å². The fourth-order valence-corrected chi connectivity index (χ4v) is 3.46. The quantitative estimate of drug-likeness (QED) is 0.625. The minimum atomic E-state index is -0.0928. The van der Waals surface area contributed by atoms with E-state index in [1.807, 2.05) is 55.5 Å². The number of nitrogens with zero attached hydrogens (tertiary/aromatic N) is 3. The number of hydrogen-bond donors (Lipinski definition) is 1. The highest BCUT2D eigenvalue weighted by atomic mass is 16.5. The number of carbonyl (C=O) groups excluding carboxylic acids is 1. The van der Waals surface area contributed by atoms with E-state index in [0.717, 1.165) is 23.5 Å². The molecule has 0 radical (unpaired) electrons. The van der Waals surface area contributed by atoms with Gasteiger partial charge in [0.1, 0.15) is 11.5 Å². The van der Waals surface area contributed by atoms with Crippen LogP contribution in [0, 0.1) is 6.92 Å². The lowest BCUT2D eigenvalue weighted by molar-refractivity contribution is 0.207. The third-order valence-electron chi connectivity index (χ3n) is 5.31. The highest BCUT2D eigenvalue weighted by Crippen LogP contribution is 2.25. The number of rotatable bonds is 7. The molecular formula is C23H26N4O4. The Balaban J connectivity index is 1.25. The van der Waals surface area contributed by atoms with Gasteiger partial charge in [0.15, 0.2) is 12.4 Å². The van der Waals surface area contributed by atoms with Gasteiger partial charge in [0, 0.05) is 25.6 Å². The van der Waals surface area contributed by atoms with Crippen LogP contribution in [0.1, 0.15) is 35.2 Å². The molecule has 2 amide bonds. The number of aryl methyl sites for hydroxylation is 1. The van der Waals surface area contributed by atoms with Crippen molar-refractivity contribution in [3.8, 4) is 11.5 Å². The normalized spacial score (nSPS) is 15.7. The largest absolute Gasteiger partial charge is 0.497 e. The molecular weight excluding hydrogens is 396 g/mol. The van der Waals surface area contributed by atoms with Crippen molar-refractivity contribution < 1.29 is 18.8 Å². The molecule has 1 N–H and O–H groups in total. The molecule has 162 valence electrons. The number of carbonyl (C=O) groups is 1. The molecule has 1 unspecified atom stereocenters. The Kier molecular flexibility index (Phi) is 6.35. The van der Waals surface area contributed by atoms with E-state index in [1.165, 1.54) is 5.56 Å². The summed E-state index contributed by atoms with van der Waals surface area (Å²) in [5.74, 6) is 2.65. The van der Waals surface area contributed by atoms with Gasteiger partial charge in [-0.2, -0.15) is 4.98 Å². The Hall–Kier alpha value is -3.55. The summed E-state index contributed by atoms with van der Waals surface area (Å²) < 4.78 is 16.2. The van der Waals surface area contributed by atoms with Crippen molar-refractivity contribution in [1.29, 1.82) is 0 Å². The predicted octanol–water partition coefficient (Wildman–Crippen LogP) is 3.66. The summed E-state index contributed by atoms with van der Waals surface area (Å²) in [4.78, 5) is 18.8. The number of likely N-dealkylation sites (tertiary alicyclic amines) is 1. The molecule has 0 bridgehead atoms. The molecule has 0 saturated carbocycles. The zero-order valence-electron chi connectivity index (χ0n) is 17.7. The lowest BCUT2D eigenvalue weighted by Gasteiger charge is -2.17. The summed E-state index contributed by atoms with van der Waals surface area (Å²) in [6.45, 7) is 3.93. The fourth-order valence-electron chi connectivity index (χ4n) is 3.46. The van der Waals surface area contributed by atoms with Crippen LogP contribution in [-0.4, -0.2) is 41.3 Å². The molecule has 1 saturated heterocycles. The third-order valence-corrected chi connectivity index (χ3v) is 5.31. The monoisotopic (exact) mass is 422 g/mol. The average molecular weight is 422 g/mol. The van der Waals surface area contributed by atoms with Crippen LogP contribution in [0.4, 0.5) is 4.79 Å². The Bertz CT molecular complexity index is 1000. The smallest absolute Gasteiger partial charge is 0.317 e. The second kappa shape index (κ2) is 9.51. The number of hydrogen-bond acceptors (Lipinski definition) is 6. The second-order valence-electron chi connectivity index (χ2n) is 7.59. The minimum absolute atomic E-state index is 0.0589. The number of ether oxygens (including phenoxy) is 2. The molecule has 1 fully saturated rings. The summed E-state index contributed by atoms with van der Waals surface area (Å²) in [5.41, 5.74) is 2.19. The number of benzene rings is 2. The van der Waals surface area contributed by atoms with Crippen LogP contribution in [-0.2, 0) is 13.2 Å². The molecule has 31 heavy (non-hydrogen) atoms. The average Bonchev–Trinajstić information content (AvgIpc) is 3.47. The van der Waals surface area contributed by atoms with Gasteiger partial charge in [-0.3, -0.25) is 0 Å². The van der Waals surface area contributed by atoms with E-state index in [2.05, 4.69) is 15.5 Å². The molecule has 2 aromatic carbocycles. The molecule has 1 aromatic heterocycles. The maximum Gasteiger partial charge on any atom is 0.317 e. The van der Waals surface area contributed by atoms with Gasteiger partial charge in [0.05, 0.1) is 7.11 Å². The molecule has 2 heterocycles. The van der Waals surface area contributed by atoms with Gasteiger partial charge in [-0.25, -0.2) is 4.79 Å². The van der Waals surface area contributed by atoms with E-state index in [9.17, 15) is 4.79 Å². The molecule has 3 aromatic rings. The van der Waals surface area contributed by atoms with E-state index < -0.39 is 0 Å². The number of amides is 2. The van der Waals surface area contributed by atoms with Crippen molar-refractivity contribution in [3.05, 3.63) is 71.4 Å². The van der Waals surface area contributed by atoms with Crippen LogP contribution in [0.2, 0.25) is 0 Å². The lowest BCUT2D eigenvalue weighted by atomic mass is 10.1. The first-order valence-electron chi connectivity index (χ1n) is 10.3. The van der Waals surface area contributed by atoms with Crippen molar-refractivity contribution in [2.75, 3.05) is 20.2 Å². The highest BCUT2D eigenvalue weighted by molar-refractivity contribution is 5.74. The molecule has 8 heteroatoms. The molecule has 1 aliphatic rings. The first-order valence-corrected chi connectivity index (χ1v) is 10.3. The van der Waals surface area contributed by atoms with E-state index in [4.69, 9.17) is 14.0 Å². The number of aromatic nitrogens is 2. The SMILES string of the molecule is COc1ccc(CNC(=O)N2CCC(c3noc(COc4ccc(C)cc4)n3)C2)cc1. The molecule has 1 aliphatic heterocycles. The first kappa shape index (κ1) is 20.7. The van der Waals surface area contributed by atoms with Gasteiger partial charge in [0.25, 0.3) is 5.89 Å². The molecule has 1 atom stereocenters. The van der Waals surface area contributed by atoms with Gasteiger partial charge in [0.2, 0.25) is 0 Å². The van der Waals surface area contributed by atoms with Crippen LogP contribution in [0.15, 0.2) is 53.1 Å². The molecule has 0 spiro atoms. The van der Waals surface area contributed by atoms with Gasteiger partial charge < -0.3 is 24.2 Å². The highest BCUT2D eigenvalue weighted by Gasteiger charge is 2.30. The zero-order valence-corrected chi connectivity index (χ0v) is 17.7. The Morgan fingerprint density at radius 3 is 2.65 bits per heavy atom. The minimum Gasteiger partial charge on any atom is -0.497 e. The van der Waals surface area contributed by atoms with Crippen molar-refractivity contribution in [2.24, 2.45) is 0 Å². The van der Waals surface area contributed by atoms with Gasteiger partial charge in [-0.05, 0) is 43.2 Å². The Labute approximate surface area is 181 Å². The number of urea groups is 1. The van der Waals surface area contributed by atoms with Crippen LogP contribution in [0.5, 0.6) is 11.5 Å². The van der Waals surface area contributed by atoms with Gasteiger partial charge >= 0.3 is 6.03 Å². The van der Waals surface area contributed by atoms with Crippen LogP contribution < -0.4 is 14.8 Å². The van der Waals surface area contributed by atoms with Gasteiger partial charge in [-0.15, -0.1) is 0 Å². The standard InChI is InChI=1S/C23H26N4O4/c1-16-3-7-20(8-4-16)30-15-21-25-22(26-31-21)18-11-12-27(14-18)23(28)24-13-17-5-9-19(29-2)10-6-17/h3-10,18H,11-15H2,1-2H3,(H,24,28). The molecule has 4 rings (SSSR count). The summed E-state index contributed by atoms with van der Waals surface area (Å²) in [5, 5.41) is 7.05. The van der Waals surface area contributed by atoms with E-state index >= 15 is 0 Å². The second-order valence-corrected chi connectivity index (χ2v) is 7.59. The number of nitrogens with one attached hydrogen (secondary N) is 1. The number of methoxy groups -OCH3 is 1. The maximum atomic E-state index is 12.5. The van der Waals surface area contributed by atoms with E-state index in [1.54, 1.807) is 12.0 Å². The summed E-state index contributed by atoms with van der Waals surface area (Å²) in [6.07, 6.45) is 0.799. The van der Waals surface area contributed by atoms with Crippen LogP contribution in [0.3, 0.4) is 0 Å². The van der Waals surface area contributed by atoms with Gasteiger partial charge in [-0.1, -0.05) is 35.0 Å². The predicted molar refractivity (Wildman–Crippen MR) is 114 cm³/mol. The maximum absolute atomic E-state index is 12.5. The Morgan fingerprint density at radius 1 is 1.16 bits per heavy atom. The zero-order chi connectivity index (χ0) is 21.6. The van der Waals surface area contributed by atoms with Crippen LogP contribution in [0.25, 0.3) is 0 Å². The van der Waals surface area contributed by atoms with Crippen molar-refractivity contribution in [1.82, 2.24) is 20.4 Å². The van der Waals surface area contributed by atoms with E-state index in [-0.39, 0.29) is 18.6 Å². The Morgan fingerprint density at radius 2 is 1.90 bits per heavy atom. The van der Waals surface area contributed by atoms with Crippen molar-refractivity contribution >= 4 is 6.03 Å². The molecule has 0 aliphatic carbocycles. The summed E-state index contributed by atoms with van der Waals surface area (Å²) in [7, 11) is 1.63.